The zero-order valence-corrected chi connectivity index (χ0v) is 23.0. The molecule has 41 heavy (non-hydrogen) atoms. The maximum Gasteiger partial charge on any atom is 0.253 e. The van der Waals surface area contributed by atoms with Gasteiger partial charge in [-0.25, -0.2) is 15.0 Å². The van der Waals surface area contributed by atoms with Crippen LogP contribution in [0.3, 0.4) is 0 Å². The second-order valence-electron chi connectivity index (χ2n) is 10.1. The number of nitrogens with one attached hydrogen (secondary N) is 2. The predicted molar refractivity (Wildman–Crippen MR) is 161 cm³/mol. The number of aryl methyl sites for hydroxylation is 1. The molecule has 6 rings (SSSR count). The second kappa shape index (κ2) is 11.2. The van der Waals surface area contributed by atoms with Crippen molar-refractivity contribution in [3.8, 4) is 11.5 Å². The van der Waals surface area contributed by atoms with E-state index >= 15 is 0 Å². The highest BCUT2D eigenvalue weighted by Gasteiger charge is 2.21. The quantitative estimate of drug-likeness (QED) is 0.253. The SMILES string of the molecule is CNC(=O)CCCn1c(-c2ccc3cccnc3n2)nc2cccc(C(=O)N[C@@H](C)c3ccc4ccccc4c3)c21. The number of aromatic nitrogens is 4. The number of fused-ring (bicyclic) bond motifs is 3. The molecule has 0 aliphatic heterocycles. The van der Waals surface area contributed by atoms with Crippen molar-refractivity contribution in [2.45, 2.75) is 32.4 Å². The van der Waals surface area contributed by atoms with Gasteiger partial charge in [-0.1, -0.05) is 42.5 Å². The van der Waals surface area contributed by atoms with Crippen molar-refractivity contribution in [3.05, 3.63) is 102 Å². The topological polar surface area (TPSA) is 102 Å². The Morgan fingerprint density at radius 1 is 0.878 bits per heavy atom. The highest BCUT2D eigenvalue weighted by atomic mass is 16.2. The minimum atomic E-state index is -0.209. The average molecular weight is 543 g/mol. The highest BCUT2D eigenvalue weighted by Crippen LogP contribution is 2.29. The molecule has 0 aliphatic carbocycles. The first-order valence-corrected chi connectivity index (χ1v) is 13.7. The fourth-order valence-corrected chi connectivity index (χ4v) is 5.22. The molecular formula is C33H30N6O2. The van der Waals surface area contributed by atoms with E-state index in [1.165, 1.54) is 0 Å². The molecule has 0 saturated heterocycles. The van der Waals surface area contributed by atoms with Crippen LogP contribution in [0.4, 0.5) is 0 Å². The summed E-state index contributed by atoms with van der Waals surface area (Å²) in [5.41, 5.74) is 4.23. The number of hydrogen-bond donors (Lipinski definition) is 2. The van der Waals surface area contributed by atoms with Gasteiger partial charge >= 0.3 is 0 Å². The normalized spacial score (nSPS) is 12.0. The molecule has 0 aliphatic rings. The minimum Gasteiger partial charge on any atom is -0.359 e. The average Bonchev–Trinajstić information content (AvgIpc) is 3.39. The Kier molecular flexibility index (Phi) is 7.12. The monoisotopic (exact) mass is 542 g/mol. The molecule has 2 amide bonds. The maximum absolute atomic E-state index is 13.8. The number of carbonyl (C=O) groups is 2. The third-order valence-electron chi connectivity index (χ3n) is 7.39. The van der Waals surface area contributed by atoms with Gasteiger partial charge in [0.1, 0.15) is 5.69 Å². The van der Waals surface area contributed by atoms with E-state index in [1.807, 2.05) is 66.1 Å². The Hall–Kier alpha value is -5.11. The molecule has 3 aromatic heterocycles. The van der Waals surface area contributed by atoms with Crippen LogP contribution >= 0.6 is 0 Å². The summed E-state index contributed by atoms with van der Waals surface area (Å²) in [6.07, 6.45) is 2.65. The van der Waals surface area contributed by atoms with Gasteiger partial charge < -0.3 is 15.2 Å². The summed E-state index contributed by atoms with van der Waals surface area (Å²) in [6, 6.07) is 27.5. The van der Waals surface area contributed by atoms with Crippen LogP contribution in [0.15, 0.2) is 91.1 Å². The van der Waals surface area contributed by atoms with Crippen molar-refractivity contribution in [1.82, 2.24) is 30.2 Å². The molecular weight excluding hydrogens is 512 g/mol. The van der Waals surface area contributed by atoms with E-state index < -0.39 is 0 Å². The van der Waals surface area contributed by atoms with Crippen molar-refractivity contribution in [3.63, 3.8) is 0 Å². The lowest BCUT2D eigenvalue weighted by Gasteiger charge is -2.17. The number of nitrogens with zero attached hydrogens (tertiary/aromatic N) is 4. The molecule has 3 aromatic carbocycles. The minimum absolute atomic E-state index is 0.0359. The standard InChI is InChI=1S/C33H30N6O2/c1-21(24-15-14-22-8-3-4-9-25(22)20-24)36-33(41)26-11-5-12-27-30(26)39(19-7-13-29(40)34-2)32(38-27)28-17-16-23-10-6-18-35-31(23)37-28/h3-6,8-12,14-18,20-21H,7,13,19H2,1-2H3,(H,34,40)(H,36,41)/t21-/m0/s1. The van der Waals surface area contributed by atoms with Crippen molar-refractivity contribution >= 4 is 44.7 Å². The van der Waals surface area contributed by atoms with Gasteiger partial charge in [-0.05, 0) is 72.1 Å². The first-order valence-electron chi connectivity index (χ1n) is 13.7. The lowest BCUT2D eigenvalue weighted by Crippen LogP contribution is -2.27. The van der Waals surface area contributed by atoms with E-state index in [2.05, 4.69) is 45.9 Å². The first-order chi connectivity index (χ1) is 20.0. The van der Waals surface area contributed by atoms with Gasteiger partial charge in [0.25, 0.3) is 5.91 Å². The maximum atomic E-state index is 13.8. The van der Waals surface area contributed by atoms with Crippen molar-refractivity contribution in [1.29, 1.82) is 0 Å². The molecule has 3 heterocycles. The number of imidazole rings is 1. The molecule has 0 unspecified atom stereocenters. The van der Waals surface area contributed by atoms with E-state index in [1.54, 1.807) is 13.2 Å². The van der Waals surface area contributed by atoms with Gasteiger partial charge in [0.2, 0.25) is 5.91 Å². The largest absolute Gasteiger partial charge is 0.359 e. The fourth-order valence-electron chi connectivity index (χ4n) is 5.22. The number of pyridine rings is 2. The van der Waals surface area contributed by atoms with Gasteiger partial charge in [-0.3, -0.25) is 9.59 Å². The number of carbonyl (C=O) groups excluding carboxylic acids is 2. The van der Waals surface area contributed by atoms with Gasteiger partial charge in [0.15, 0.2) is 11.5 Å². The van der Waals surface area contributed by atoms with Crippen LogP contribution in [0.2, 0.25) is 0 Å². The summed E-state index contributed by atoms with van der Waals surface area (Å²) in [5.74, 6) is 0.405. The summed E-state index contributed by atoms with van der Waals surface area (Å²) in [6.45, 7) is 2.48. The van der Waals surface area contributed by atoms with Gasteiger partial charge in [0, 0.05) is 31.6 Å². The molecule has 0 fully saturated rings. The van der Waals surface area contributed by atoms with E-state index in [0.717, 1.165) is 21.7 Å². The number of hydrogen-bond acceptors (Lipinski definition) is 5. The van der Waals surface area contributed by atoms with Crippen molar-refractivity contribution < 1.29 is 9.59 Å². The van der Waals surface area contributed by atoms with E-state index in [0.29, 0.717) is 53.1 Å². The molecule has 204 valence electrons. The Labute approximate surface area is 237 Å². The number of benzene rings is 3. The second-order valence-corrected chi connectivity index (χ2v) is 10.1. The zero-order chi connectivity index (χ0) is 28.3. The van der Waals surface area contributed by atoms with Crippen molar-refractivity contribution in [2.24, 2.45) is 0 Å². The summed E-state index contributed by atoms with van der Waals surface area (Å²) >= 11 is 0. The molecule has 8 heteroatoms. The Morgan fingerprint density at radius 2 is 1.68 bits per heavy atom. The predicted octanol–water partition coefficient (Wildman–Crippen LogP) is 5.82. The molecule has 0 bridgehead atoms. The molecule has 2 N–H and O–H groups in total. The van der Waals surface area contributed by atoms with Crippen LogP contribution in [0.1, 0.15) is 41.7 Å². The summed E-state index contributed by atoms with van der Waals surface area (Å²) in [4.78, 5) is 39.9. The van der Waals surface area contributed by atoms with Crippen LogP contribution in [0, 0.1) is 0 Å². The Bertz CT molecular complexity index is 1910. The molecule has 0 radical (unpaired) electrons. The zero-order valence-electron chi connectivity index (χ0n) is 23.0. The van der Waals surface area contributed by atoms with E-state index in [4.69, 9.17) is 9.97 Å². The van der Waals surface area contributed by atoms with Crippen LogP contribution in [-0.2, 0) is 11.3 Å². The molecule has 1 atom stereocenters. The fraction of sp³-hybridized carbons (Fsp3) is 0.182. The first kappa shape index (κ1) is 26.1. The van der Waals surface area contributed by atoms with Crippen LogP contribution in [0.25, 0.3) is 44.4 Å². The number of amides is 2. The van der Waals surface area contributed by atoms with Gasteiger partial charge in [0.05, 0.1) is 22.6 Å². The Balaban J connectivity index is 1.39. The third kappa shape index (κ3) is 5.24. The third-order valence-corrected chi connectivity index (χ3v) is 7.39. The summed E-state index contributed by atoms with van der Waals surface area (Å²) in [5, 5.41) is 9.08. The van der Waals surface area contributed by atoms with Gasteiger partial charge in [-0.15, -0.1) is 0 Å². The molecule has 6 aromatic rings. The molecule has 8 nitrogen and oxygen atoms in total. The molecule has 0 spiro atoms. The number of para-hydroxylation sites is 1. The lowest BCUT2D eigenvalue weighted by molar-refractivity contribution is -0.120. The van der Waals surface area contributed by atoms with Crippen LogP contribution in [0.5, 0.6) is 0 Å². The van der Waals surface area contributed by atoms with Gasteiger partial charge in [-0.2, -0.15) is 0 Å². The number of rotatable bonds is 8. The lowest BCUT2D eigenvalue weighted by atomic mass is 10.0. The Morgan fingerprint density at radius 3 is 2.54 bits per heavy atom. The van der Waals surface area contributed by atoms with Crippen molar-refractivity contribution in [2.75, 3.05) is 7.05 Å². The molecule has 0 saturated carbocycles. The summed E-state index contributed by atoms with van der Waals surface area (Å²) < 4.78 is 2.00. The smallest absolute Gasteiger partial charge is 0.253 e. The summed E-state index contributed by atoms with van der Waals surface area (Å²) in [7, 11) is 1.63. The highest BCUT2D eigenvalue weighted by molar-refractivity contribution is 6.06. The van der Waals surface area contributed by atoms with E-state index in [9.17, 15) is 9.59 Å². The van der Waals surface area contributed by atoms with Crippen LogP contribution < -0.4 is 10.6 Å². The van der Waals surface area contributed by atoms with Crippen LogP contribution in [-0.4, -0.2) is 38.4 Å². The van der Waals surface area contributed by atoms with E-state index in [-0.39, 0.29) is 17.9 Å².